The van der Waals surface area contributed by atoms with Crippen LogP contribution < -0.4 is 15.4 Å². The van der Waals surface area contributed by atoms with Crippen molar-refractivity contribution >= 4 is 12.0 Å². The van der Waals surface area contributed by atoms with E-state index >= 15 is 0 Å². The maximum atomic E-state index is 12.0. The lowest BCUT2D eigenvalue weighted by Crippen LogP contribution is -2.37. The third kappa shape index (κ3) is 9.17. The van der Waals surface area contributed by atoms with Crippen LogP contribution in [0.1, 0.15) is 12.0 Å². The fraction of sp³-hybridized carbons (Fsp3) is 0.462. The highest BCUT2D eigenvalue weighted by molar-refractivity contribution is 5.74. The molecule has 0 saturated carbocycles. The van der Waals surface area contributed by atoms with Gasteiger partial charge in [0.1, 0.15) is 0 Å². The lowest BCUT2D eigenvalue weighted by molar-refractivity contribution is -0.154. The normalized spacial score (nSPS) is 10.9. The Morgan fingerprint density at radius 2 is 1.91 bits per heavy atom. The number of ether oxygens (including phenoxy) is 1. The molecule has 0 atom stereocenters. The van der Waals surface area contributed by atoms with Crippen LogP contribution in [-0.4, -0.2) is 48.0 Å². The number of carboxylic acid groups (broad SMARTS) is 1. The molecule has 23 heavy (non-hydrogen) atoms. The summed E-state index contributed by atoms with van der Waals surface area (Å²) in [6.07, 6.45) is -2.82. The summed E-state index contributed by atoms with van der Waals surface area (Å²) in [6.45, 7) is -1.12. The Bertz CT molecular complexity index is 520. The number of halogens is 3. The molecule has 0 saturated heterocycles. The van der Waals surface area contributed by atoms with Gasteiger partial charge in [0.15, 0.2) is 6.61 Å². The molecule has 7 nitrogen and oxygen atoms in total. The minimum atomic E-state index is -4.42. The number of hydrogen-bond donors (Lipinski definition) is 3. The van der Waals surface area contributed by atoms with E-state index < -0.39 is 24.8 Å². The van der Waals surface area contributed by atoms with Crippen molar-refractivity contribution in [2.75, 3.05) is 19.7 Å². The van der Waals surface area contributed by atoms with Crippen LogP contribution in [0, 0.1) is 0 Å². The average Bonchev–Trinajstić information content (AvgIpc) is 2.45. The molecule has 1 aromatic rings. The summed E-state index contributed by atoms with van der Waals surface area (Å²) in [5.41, 5.74) is 0.704. The minimum Gasteiger partial charge on any atom is -0.481 e. The lowest BCUT2D eigenvalue weighted by atomic mass is 10.2. The number of alkyl halides is 3. The molecule has 0 radical (unpaired) electrons. The summed E-state index contributed by atoms with van der Waals surface area (Å²) >= 11 is 0. The Kier molecular flexibility index (Phi) is 7.10. The van der Waals surface area contributed by atoms with Gasteiger partial charge in [0.2, 0.25) is 5.88 Å². The van der Waals surface area contributed by atoms with E-state index in [1.54, 1.807) is 6.07 Å². The van der Waals surface area contributed by atoms with Gasteiger partial charge in [-0.25, -0.2) is 9.78 Å². The van der Waals surface area contributed by atoms with Gasteiger partial charge in [-0.1, -0.05) is 6.07 Å². The molecule has 0 aromatic carbocycles. The molecular formula is C13H16F3N3O4. The Hall–Kier alpha value is -2.52. The standard InChI is InChI=1S/C13H16F3N3O4/c14-13(15,16)8-23-10-2-1-9(7-19-10)3-5-17-12(22)18-6-4-11(20)21/h1-2,7H,3-6,8H2,(H,20,21)(H2,17,18,22). The highest BCUT2D eigenvalue weighted by Crippen LogP contribution is 2.17. The van der Waals surface area contributed by atoms with Gasteiger partial charge < -0.3 is 20.5 Å². The third-order valence-corrected chi connectivity index (χ3v) is 2.50. The molecule has 0 spiro atoms. The second-order valence-electron chi connectivity index (χ2n) is 4.48. The molecule has 1 aromatic heterocycles. The van der Waals surface area contributed by atoms with Gasteiger partial charge in [-0.3, -0.25) is 4.79 Å². The minimum absolute atomic E-state index is 0.0218. The van der Waals surface area contributed by atoms with Crippen LogP contribution in [0.4, 0.5) is 18.0 Å². The van der Waals surface area contributed by atoms with Crippen LogP contribution in [0.5, 0.6) is 5.88 Å². The SMILES string of the molecule is O=C(O)CCNC(=O)NCCc1ccc(OCC(F)(F)F)nc1. The number of rotatable bonds is 8. The summed E-state index contributed by atoms with van der Waals surface area (Å²) in [5, 5.41) is 13.3. The van der Waals surface area contributed by atoms with Crippen LogP contribution in [-0.2, 0) is 11.2 Å². The monoisotopic (exact) mass is 335 g/mol. The second kappa shape index (κ2) is 8.81. The fourth-order valence-corrected chi connectivity index (χ4v) is 1.47. The van der Waals surface area contributed by atoms with Gasteiger partial charge in [-0.15, -0.1) is 0 Å². The summed E-state index contributed by atoms with van der Waals surface area (Å²) in [4.78, 5) is 25.3. The molecule has 0 aliphatic carbocycles. The van der Waals surface area contributed by atoms with E-state index in [2.05, 4.69) is 20.4 Å². The summed E-state index contributed by atoms with van der Waals surface area (Å²) in [7, 11) is 0. The van der Waals surface area contributed by atoms with Crippen molar-refractivity contribution in [3.05, 3.63) is 23.9 Å². The number of carbonyl (C=O) groups is 2. The maximum absolute atomic E-state index is 12.0. The number of aromatic nitrogens is 1. The van der Waals surface area contributed by atoms with Gasteiger partial charge in [-0.2, -0.15) is 13.2 Å². The van der Waals surface area contributed by atoms with Crippen LogP contribution in [0.3, 0.4) is 0 Å². The predicted molar refractivity (Wildman–Crippen MR) is 73.1 cm³/mol. The Morgan fingerprint density at radius 3 is 2.48 bits per heavy atom. The van der Waals surface area contributed by atoms with Crippen molar-refractivity contribution in [2.24, 2.45) is 0 Å². The third-order valence-electron chi connectivity index (χ3n) is 2.50. The molecule has 1 heterocycles. The number of nitrogens with zero attached hydrogens (tertiary/aromatic N) is 1. The molecule has 0 fully saturated rings. The van der Waals surface area contributed by atoms with E-state index in [-0.39, 0.29) is 25.4 Å². The van der Waals surface area contributed by atoms with E-state index in [0.29, 0.717) is 12.0 Å². The van der Waals surface area contributed by atoms with E-state index in [1.165, 1.54) is 12.3 Å². The van der Waals surface area contributed by atoms with Gasteiger partial charge in [0, 0.05) is 25.4 Å². The molecule has 128 valence electrons. The van der Waals surface area contributed by atoms with Gasteiger partial charge in [0.05, 0.1) is 6.42 Å². The largest absolute Gasteiger partial charge is 0.481 e. The number of carboxylic acids is 1. The van der Waals surface area contributed by atoms with Crippen molar-refractivity contribution in [3.8, 4) is 5.88 Å². The molecule has 1 rings (SSSR count). The van der Waals surface area contributed by atoms with Gasteiger partial charge >= 0.3 is 18.2 Å². The predicted octanol–water partition coefficient (Wildman–Crippen LogP) is 1.34. The summed E-state index contributed by atoms with van der Waals surface area (Å²) in [6, 6.07) is 2.36. The first-order chi connectivity index (χ1) is 10.8. The molecular weight excluding hydrogens is 319 g/mol. The molecule has 3 N–H and O–H groups in total. The number of amides is 2. The zero-order valence-electron chi connectivity index (χ0n) is 12.0. The van der Waals surface area contributed by atoms with Crippen LogP contribution in [0.25, 0.3) is 0 Å². The van der Waals surface area contributed by atoms with Gasteiger partial charge in [-0.05, 0) is 12.0 Å². The first kappa shape index (κ1) is 18.5. The lowest BCUT2D eigenvalue weighted by Gasteiger charge is -2.09. The van der Waals surface area contributed by atoms with E-state index in [4.69, 9.17) is 5.11 Å². The van der Waals surface area contributed by atoms with E-state index in [9.17, 15) is 22.8 Å². The topological polar surface area (TPSA) is 101 Å². The van der Waals surface area contributed by atoms with E-state index in [0.717, 1.165) is 0 Å². The first-order valence-corrected chi connectivity index (χ1v) is 6.64. The number of nitrogens with one attached hydrogen (secondary N) is 2. The summed E-state index contributed by atoms with van der Waals surface area (Å²) in [5.74, 6) is -1.14. The van der Waals surface area contributed by atoms with Crippen molar-refractivity contribution in [3.63, 3.8) is 0 Å². The number of pyridine rings is 1. The highest BCUT2D eigenvalue weighted by Gasteiger charge is 2.28. The second-order valence-corrected chi connectivity index (χ2v) is 4.48. The Morgan fingerprint density at radius 1 is 1.22 bits per heavy atom. The zero-order valence-corrected chi connectivity index (χ0v) is 12.0. The molecule has 0 unspecified atom stereocenters. The van der Waals surface area contributed by atoms with Crippen molar-refractivity contribution in [1.82, 2.24) is 15.6 Å². The number of aliphatic carboxylic acids is 1. The first-order valence-electron chi connectivity index (χ1n) is 6.64. The highest BCUT2D eigenvalue weighted by atomic mass is 19.4. The average molecular weight is 335 g/mol. The quantitative estimate of drug-likeness (QED) is 0.666. The number of urea groups is 1. The molecule has 0 aliphatic rings. The molecule has 0 bridgehead atoms. The number of hydrogen-bond acceptors (Lipinski definition) is 4. The molecule has 0 aliphatic heterocycles. The Labute approximate surface area is 129 Å². The van der Waals surface area contributed by atoms with Crippen LogP contribution >= 0.6 is 0 Å². The van der Waals surface area contributed by atoms with Crippen molar-refractivity contribution in [1.29, 1.82) is 0 Å². The van der Waals surface area contributed by atoms with Crippen molar-refractivity contribution in [2.45, 2.75) is 19.0 Å². The Balaban J connectivity index is 2.25. The smallest absolute Gasteiger partial charge is 0.422 e. The van der Waals surface area contributed by atoms with E-state index in [1.807, 2.05) is 0 Å². The van der Waals surface area contributed by atoms with Crippen molar-refractivity contribution < 1.29 is 32.6 Å². The summed E-state index contributed by atoms with van der Waals surface area (Å²) < 4.78 is 40.4. The fourth-order valence-electron chi connectivity index (χ4n) is 1.47. The van der Waals surface area contributed by atoms with Crippen LogP contribution in [0.2, 0.25) is 0 Å². The molecule has 10 heteroatoms. The zero-order chi connectivity index (χ0) is 17.3. The maximum Gasteiger partial charge on any atom is 0.422 e. The van der Waals surface area contributed by atoms with Gasteiger partial charge in [0.25, 0.3) is 0 Å². The van der Waals surface area contributed by atoms with Crippen LogP contribution in [0.15, 0.2) is 18.3 Å². The number of carbonyl (C=O) groups excluding carboxylic acids is 1. The molecule has 2 amide bonds.